The predicted molar refractivity (Wildman–Crippen MR) is 130 cm³/mol. The van der Waals surface area contributed by atoms with E-state index in [1.807, 2.05) is 31.2 Å². The molecular weight excluding hydrogens is 482 g/mol. The first kappa shape index (κ1) is 23.3. The van der Waals surface area contributed by atoms with Crippen LogP contribution >= 0.6 is 11.6 Å². The molecule has 0 aromatic heterocycles. The Morgan fingerprint density at radius 2 is 1.64 bits per heavy atom. The Labute approximate surface area is 198 Å². The van der Waals surface area contributed by atoms with Gasteiger partial charge in [0.15, 0.2) is 0 Å². The highest BCUT2D eigenvalue weighted by Crippen LogP contribution is 2.37. The maximum atomic E-state index is 13.5. The summed E-state index contributed by atoms with van der Waals surface area (Å²) in [6, 6.07) is 19.8. The molecule has 1 atom stereocenters. The number of hydrazone groups is 1. The zero-order valence-corrected chi connectivity index (χ0v) is 20.3. The van der Waals surface area contributed by atoms with Crippen LogP contribution in [0.1, 0.15) is 29.2 Å². The zero-order chi connectivity index (χ0) is 23.8. The van der Waals surface area contributed by atoms with Gasteiger partial charge in [0.05, 0.1) is 22.9 Å². The summed E-state index contributed by atoms with van der Waals surface area (Å²) in [6.45, 7) is 1.96. The summed E-state index contributed by atoms with van der Waals surface area (Å²) in [5.74, 6) is 0. The molecular formula is C23H22ClN3O4S2. The van der Waals surface area contributed by atoms with Crippen LogP contribution in [0, 0.1) is 6.92 Å². The van der Waals surface area contributed by atoms with Gasteiger partial charge in [0.25, 0.3) is 10.0 Å². The van der Waals surface area contributed by atoms with Gasteiger partial charge in [-0.05, 0) is 54.4 Å². The van der Waals surface area contributed by atoms with Crippen LogP contribution in [-0.4, -0.2) is 33.2 Å². The average molecular weight is 504 g/mol. The zero-order valence-electron chi connectivity index (χ0n) is 17.9. The summed E-state index contributed by atoms with van der Waals surface area (Å²) < 4.78 is 53.8. The van der Waals surface area contributed by atoms with Crippen molar-refractivity contribution in [2.75, 3.05) is 11.0 Å². The van der Waals surface area contributed by atoms with Crippen molar-refractivity contribution in [2.24, 2.45) is 5.10 Å². The first-order chi connectivity index (χ1) is 15.5. The number of aryl methyl sites for hydroxylation is 1. The van der Waals surface area contributed by atoms with E-state index >= 15 is 0 Å². The number of nitrogens with zero attached hydrogens (tertiary/aromatic N) is 2. The fourth-order valence-electron chi connectivity index (χ4n) is 3.61. The van der Waals surface area contributed by atoms with E-state index in [2.05, 4.69) is 9.82 Å². The number of halogens is 1. The van der Waals surface area contributed by atoms with Crippen molar-refractivity contribution >= 4 is 43.0 Å². The number of hydrogen-bond acceptors (Lipinski definition) is 5. The van der Waals surface area contributed by atoms with Crippen molar-refractivity contribution in [1.29, 1.82) is 0 Å². The van der Waals surface area contributed by atoms with Gasteiger partial charge in [0, 0.05) is 17.1 Å². The van der Waals surface area contributed by atoms with E-state index in [1.165, 1.54) is 24.3 Å². The molecule has 0 bridgehead atoms. The van der Waals surface area contributed by atoms with Crippen LogP contribution in [0.2, 0.25) is 5.02 Å². The summed E-state index contributed by atoms with van der Waals surface area (Å²) in [4.78, 5) is 0.0847. The molecule has 0 aliphatic carbocycles. The van der Waals surface area contributed by atoms with Gasteiger partial charge >= 0.3 is 0 Å². The molecule has 33 heavy (non-hydrogen) atoms. The molecule has 0 spiro atoms. The lowest BCUT2D eigenvalue weighted by atomic mass is 9.98. The van der Waals surface area contributed by atoms with Gasteiger partial charge < -0.3 is 0 Å². The van der Waals surface area contributed by atoms with Crippen LogP contribution in [0.5, 0.6) is 0 Å². The largest absolute Gasteiger partial charge is 0.284 e. The van der Waals surface area contributed by atoms with E-state index < -0.39 is 26.1 Å². The van der Waals surface area contributed by atoms with Crippen LogP contribution in [0.4, 0.5) is 5.69 Å². The van der Waals surface area contributed by atoms with Crippen LogP contribution in [-0.2, 0) is 20.0 Å². The Morgan fingerprint density at radius 3 is 2.27 bits per heavy atom. The second-order valence-electron chi connectivity index (χ2n) is 7.86. The van der Waals surface area contributed by atoms with Gasteiger partial charge in [0.1, 0.15) is 0 Å². The smallest absolute Gasteiger partial charge is 0.279 e. The molecule has 3 aromatic carbocycles. The van der Waals surface area contributed by atoms with Crippen molar-refractivity contribution in [1.82, 2.24) is 4.41 Å². The third-order valence-electron chi connectivity index (χ3n) is 5.19. The minimum Gasteiger partial charge on any atom is -0.284 e. The number of anilines is 1. The number of hydrogen-bond donors (Lipinski definition) is 1. The van der Waals surface area contributed by atoms with Crippen LogP contribution < -0.4 is 4.72 Å². The van der Waals surface area contributed by atoms with Gasteiger partial charge in [0.2, 0.25) is 10.0 Å². The second-order valence-corrected chi connectivity index (χ2v) is 11.8. The average Bonchev–Trinajstić information content (AvgIpc) is 3.20. The molecule has 0 amide bonds. The molecule has 1 aliphatic rings. The van der Waals surface area contributed by atoms with Crippen molar-refractivity contribution in [3.63, 3.8) is 0 Å². The second kappa shape index (κ2) is 8.81. The summed E-state index contributed by atoms with van der Waals surface area (Å²) in [6.07, 6.45) is 1.40. The van der Waals surface area contributed by atoms with Gasteiger partial charge in [-0.3, -0.25) is 4.72 Å². The standard InChI is InChI=1S/C23H22ClN3O4S2/c1-16-6-8-17(9-7-16)23-15-22(18-4-3-5-20(14-18)26-32(2,28)29)25-27(23)33(30,31)21-12-10-19(24)11-13-21/h3-14,23,26H,15H2,1-2H3/t23-/m1/s1. The maximum absolute atomic E-state index is 13.5. The van der Waals surface area contributed by atoms with Gasteiger partial charge in [-0.15, -0.1) is 0 Å². The van der Waals surface area contributed by atoms with Gasteiger partial charge in [-0.25, -0.2) is 8.42 Å². The Hall–Kier alpha value is -2.88. The molecule has 1 aliphatic heterocycles. The van der Waals surface area contributed by atoms with Crippen molar-refractivity contribution in [2.45, 2.75) is 24.3 Å². The topological polar surface area (TPSA) is 95.9 Å². The Kier molecular flexibility index (Phi) is 6.22. The SMILES string of the molecule is Cc1ccc([C@H]2CC(c3cccc(NS(C)(=O)=O)c3)=NN2S(=O)(=O)c2ccc(Cl)cc2)cc1. The lowest BCUT2D eigenvalue weighted by molar-refractivity contribution is 0.371. The fourth-order valence-corrected chi connectivity index (χ4v) is 5.73. The molecule has 10 heteroatoms. The number of benzene rings is 3. The molecule has 1 N–H and O–H groups in total. The minimum absolute atomic E-state index is 0.0847. The molecule has 0 radical (unpaired) electrons. The molecule has 3 aromatic rings. The van der Waals surface area contributed by atoms with E-state index in [4.69, 9.17) is 11.6 Å². The Bertz CT molecular complexity index is 1420. The molecule has 0 fully saturated rings. The highest BCUT2D eigenvalue weighted by Gasteiger charge is 2.37. The lowest BCUT2D eigenvalue weighted by Crippen LogP contribution is -2.27. The van der Waals surface area contributed by atoms with Gasteiger partial charge in [-0.2, -0.15) is 17.9 Å². The summed E-state index contributed by atoms with van der Waals surface area (Å²) in [5, 5.41) is 4.93. The third kappa shape index (κ3) is 5.21. The van der Waals surface area contributed by atoms with E-state index in [9.17, 15) is 16.8 Å². The molecule has 0 unspecified atom stereocenters. The fraction of sp³-hybridized carbons (Fsp3) is 0.174. The third-order valence-corrected chi connectivity index (χ3v) is 7.75. The first-order valence-corrected chi connectivity index (χ1v) is 13.8. The summed E-state index contributed by atoms with van der Waals surface area (Å²) >= 11 is 5.94. The predicted octanol–water partition coefficient (Wildman–Crippen LogP) is 4.56. The summed E-state index contributed by atoms with van der Waals surface area (Å²) in [7, 11) is -7.42. The number of rotatable bonds is 6. The molecule has 172 valence electrons. The van der Waals surface area contributed by atoms with E-state index in [1.54, 1.807) is 24.3 Å². The lowest BCUT2D eigenvalue weighted by Gasteiger charge is -2.23. The normalized spacial score (nSPS) is 16.5. The van der Waals surface area contributed by atoms with Crippen molar-refractivity contribution in [3.05, 3.63) is 94.5 Å². The van der Waals surface area contributed by atoms with Crippen LogP contribution in [0.15, 0.2) is 82.8 Å². The molecule has 7 nitrogen and oxygen atoms in total. The van der Waals surface area contributed by atoms with Crippen molar-refractivity contribution < 1.29 is 16.8 Å². The maximum Gasteiger partial charge on any atom is 0.279 e. The Balaban J connectivity index is 1.78. The summed E-state index contributed by atoms with van der Waals surface area (Å²) in [5.41, 5.74) is 3.42. The van der Waals surface area contributed by atoms with E-state index in [0.29, 0.717) is 28.4 Å². The minimum atomic E-state index is -3.97. The molecule has 0 saturated carbocycles. The first-order valence-electron chi connectivity index (χ1n) is 10.1. The monoisotopic (exact) mass is 503 g/mol. The van der Waals surface area contributed by atoms with Crippen molar-refractivity contribution in [3.8, 4) is 0 Å². The Morgan fingerprint density at radius 1 is 0.970 bits per heavy atom. The highest BCUT2D eigenvalue weighted by molar-refractivity contribution is 7.92. The molecule has 4 rings (SSSR count). The highest BCUT2D eigenvalue weighted by atomic mass is 35.5. The van der Waals surface area contributed by atoms with E-state index in [-0.39, 0.29) is 4.90 Å². The number of nitrogens with one attached hydrogen (secondary N) is 1. The van der Waals surface area contributed by atoms with Gasteiger partial charge in [-0.1, -0.05) is 53.6 Å². The van der Waals surface area contributed by atoms with Crippen LogP contribution in [0.3, 0.4) is 0 Å². The quantitative estimate of drug-likeness (QED) is 0.533. The number of sulfonamides is 2. The molecule has 1 heterocycles. The van der Waals surface area contributed by atoms with E-state index in [0.717, 1.165) is 21.8 Å². The van der Waals surface area contributed by atoms with Crippen LogP contribution in [0.25, 0.3) is 0 Å². The molecule has 0 saturated heterocycles.